The van der Waals surface area contributed by atoms with Crippen molar-refractivity contribution in [1.82, 2.24) is 14.9 Å². The number of rotatable bonds is 5. The molecular weight excluding hydrogens is 284 g/mol. The van der Waals surface area contributed by atoms with Gasteiger partial charge in [-0.25, -0.2) is 9.97 Å². The van der Waals surface area contributed by atoms with E-state index in [1.54, 1.807) is 11.3 Å². The van der Waals surface area contributed by atoms with Gasteiger partial charge in [0.1, 0.15) is 5.82 Å². The molecule has 112 valence electrons. The third-order valence-corrected chi connectivity index (χ3v) is 4.54. The molecule has 0 amide bonds. The number of nitrogens with zero attached hydrogens (tertiary/aromatic N) is 3. The summed E-state index contributed by atoms with van der Waals surface area (Å²) in [5, 5.41) is 15.4. The van der Waals surface area contributed by atoms with E-state index in [0.717, 1.165) is 41.7 Å². The third kappa shape index (κ3) is 3.40. The lowest BCUT2D eigenvalue weighted by molar-refractivity contribution is 0.184. The predicted octanol–water partition coefficient (Wildman–Crippen LogP) is 2.72. The highest BCUT2D eigenvalue weighted by molar-refractivity contribution is 7.13. The summed E-state index contributed by atoms with van der Waals surface area (Å²) < 4.78 is 0. The van der Waals surface area contributed by atoms with Crippen molar-refractivity contribution < 1.29 is 5.11 Å². The summed E-state index contributed by atoms with van der Waals surface area (Å²) in [7, 11) is 0. The number of aryl methyl sites for hydroxylation is 1. The molecule has 0 spiro atoms. The van der Waals surface area contributed by atoms with Gasteiger partial charge in [-0.3, -0.25) is 4.90 Å². The van der Waals surface area contributed by atoms with Crippen LogP contribution in [0, 0.1) is 6.92 Å². The summed E-state index contributed by atoms with van der Waals surface area (Å²) in [5.41, 5.74) is 2.24. The molecule has 1 unspecified atom stereocenters. The number of nitrogens with one attached hydrogen (secondary N) is 1. The lowest BCUT2D eigenvalue weighted by atomic mass is 10.2. The topological polar surface area (TPSA) is 61.3 Å². The maximum absolute atomic E-state index is 9.13. The fourth-order valence-corrected chi connectivity index (χ4v) is 3.47. The van der Waals surface area contributed by atoms with Gasteiger partial charge in [-0.15, -0.1) is 11.3 Å². The van der Waals surface area contributed by atoms with Gasteiger partial charge in [0.05, 0.1) is 18.3 Å². The Bertz CT molecular complexity index is 584. The molecule has 0 aliphatic carbocycles. The summed E-state index contributed by atoms with van der Waals surface area (Å²) in [5.74, 6) is 0.820. The number of pyridine rings is 1. The number of aliphatic hydroxyl groups is 1. The minimum atomic E-state index is 0.207. The SMILES string of the molecule is Cc1ccc(Nc2nc(C3CCCN3CCO)cs2)nc1. The van der Waals surface area contributed by atoms with Crippen LogP contribution < -0.4 is 5.32 Å². The van der Waals surface area contributed by atoms with E-state index in [0.29, 0.717) is 6.04 Å². The lowest BCUT2D eigenvalue weighted by Gasteiger charge is -2.21. The largest absolute Gasteiger partial charge is 0.395 e. The molecular formula is C15H20N4OS. The Morgan fingerprint density at radius 1 is 1.48 bits per heavy atom. The van der Waals surface area contributed by atoms with Crippen molar-refractivity contribution in [2.24, 2.45) is 0 Å². The van der Waals surface area contributed by atoms with Gasteiger partial charge in [0.25, 0.3) is 0 Å². The van der Waals surface area contributed by atoms with Gasteiger partial charge in [0, 0.05) is 18.1 Å². The second-order valence-corrected chi connectivity index (χ2v) is 6.20. The van der Waals surface area contributed by atoms with Crippen molar-refractivity contribution in [3.8, 4) is 0 Å². The number of hydrogen-bond acceptors (Lipinski definition) is 6. The van der Waals surface area contributed by atoms with Crippen LogP contribution in [0.5, 0.6) is 0 Å². The molecule has 3 rings (SSSR count). The maximum Gasteiger partial charge on any atom is 0.188 e. The van der Waals surface area contributed by atoms with Crippen LogP contribution in [0.15, 0.2) is 23.7 Å². The number of hydrogen-bond donors (Lipinski definition) is 2. The van der Waals surface area contributed by atoms with Crippen molar-refractivity contribution in [1.29, 1.82) is 0 Å². The lowest BCUT2D eigenvalue weighted by Crippen LogP contribution is -2.26. The molecule has 21 heavy (non-hydrogen) atoms. The van der Waals surface area contributed by atoms with E-state index in [4.69, 9.17) is 5.11 Å². The van der Waals surface area contributed by atoms with Gasteiger partial charge < -0.3 is 10.4 Å². The highest BCUT2D eigenvalue weighted by Gasteiger charge is 2.27. The molecule has 1 aliphatic rings. The first-order valence-electron chi connectivity index (χ1n) is 7.26. The zero-order valence-electron chi connectivity index (χ0n) is 12.1. The van der Waals surface area contributed by atoms with Crippen LogP contribution in [-0.2, 0) is 0 Å². The molecule has 0 radical (unpaired) electrons. The molecule has 1 aliphatic heterocycles. The predicted molar refractivity (Wildman–Crippen MR) is 85.0 cm³/mol. The summed E-state index contributed by atoms with van der Waals surface area (Å²) in [6, 6.07) is 4.34. The van der Waals surface area contributed by atoms with Crippen molar-refractivity contribution >= 4 is 22.3 Å². The summed E-state index contributed by atoms with van der Waals surface area (Å²) in [4.78, 5) is 11.3. The highest BCUT2D eigenvalue weighted by atomic mass is 32.1. The quantitative estimate of drug-likeness (QED) is 0.889. The summed E-state index contributed by atoms with van der Waals surface area (Å²) >= 11 is 1.60. The zero-order valence-corrected chi connectivity index (χ0v) is 12.9. The van der Waals surface area contributed by atoms with Crippen LogP contribution in [0.3, 0.4) is 0 Å². The van der Waals surface area contributed by atoms with Crippen LogP contribution in [0.1, 0.15) is 30.1 Å². The molecule has 3 heterocycles. The second kappa shape index (κ2) is 6.51. The van der Waals surface area contributed by atoms with Gasteiger partial charge in [-0.2, -0.15) is 0 Å². The molecule has 1 saturated heterocycles. The molecule has 0 aromatic carbocycles. The number of aromatic nitrogens is 2. The van der Waals surface area contributed by atoms with E-state index in [1.165, 1.54) is 6.42 Å². The molecule has 0 bridgehead atoms. The molecule has 6 heteroatoms. The Balaban J connectivity index is 1.69. The van der Waals surface area contributed by atoms with Gasteiger partial charge in [0.15, 0.2) is 5.13 Å². The first-order valence-corrected chi connectivity index (χ1v) is 8.14. The van der Waals surface area contributed by atoms with Gasteiger partial charge >= 0.3 is 0 Å². The van der Waals surface area contributed by atoms with Crippen molar-refractivity contribution in [3.05, 3.63) is 35.0 Å². The first-order chi connectivity index (χ1) is 10.3. The minimum absolute atomic E-state index is 0.207. The molecule has 0 saturated carbocycles. The number of anilines is 2. The van der Waals surface area contributed by atoms with E-state index in [-0.39, 0.29) is 6.61 Å². The molecule has 2 N–H and O–H groups in total. The highest BCUT2D eigenvalue weighted by Crippen LogP contribution is 2.33. The fourth-order valence-electron chi connectivity index (χ4n) is 2.71. The molecule has 2 aromatic rings. The van der Waals surface area contributed by atoms with E-state index < -0.39 is 0 Å². The normalized spacial score (nSPS) is 19.0. The second-order valence-electron chi connectivity index (χ2n) is 5.34. The molecule has 5 nitrogen and oxygen atoms in total. The number of aliphatic hydroxyl groups excluding tert-OH is 1. The molecule has 1 fully saturated rings. The van der Waals surface area contributed by atoms with Gasteiger partial charge in [-0.05, 0) is 37.9 Å². The summed E-state index contributed by atoms with van der Waals surface area (Å²) in [6.07, 6.45) is 4.13. The van der Waals surface area contributed by atoms with Crippen LogP contribution >= 0.6 is 11.3 Å². The van der Waals surface area contributed by atoms with E-state index in [9.17, 15) is 0 Å². The minimum Gasteiger partial charge on any atom is -0.395 e. The fraction of sp³-hybridized carbons (Fsp3) is 0.467. The van der Waals surface area contributed by atoms with Crippen LogP contribution in [0.2, 0.25) is 0 Å². The number of β-amino-alcohol motifs (C(OH)–C–C–N with tert-alkyl or cyclic N) is 1. The van der Waals surface area contributed by atoms with Crippen molar-refractivity contribution in [3.63, 3.8) is 0 Å². The Kier molecular flexibility index (Phi) is 4.48. The Morgan fingerprint density at radius 3 is 3.14 bits per heavy atom. The van der Waals surface area contributed by atoms with E-state index in [1.807, 2.05) is 25.3 Å². The maximum atomic E-state index is 9.13. The number of thiazole rings is 1. The zero-order chi connectivity index (χ0) is 14.7. The average Bonchev–Trinajstić information content (AvgIpc) is 3.11. The summed E-state index contributed by atoms with van der Waals surface area (Å²) in [6.45, 7) is 4.00. The van der Waals surface area contributed by atoms with Crippen LogP contribution in [-0.4, -0.2) is 39.7 Å². The Hall–Kier alpha value is -1.50. The van der Waals surface area contributed by atoms with E-state index >= 15 is 0 Å². The van der Waals surface area contributed by atoms with Gasteiger partial charge in [-0.1, -0.05) is 6.07 Å². The first kappa shape index (κ1) is 14.4. The van der Waals surface area contributed by atoms with E-state index in [2.05, 4.69) is 25.6 Å². The molecule has 1 atom stereocenters. The smallest absolute Gasteiger partial charge is 0.188 e. The van der Waals surface area contributed by atoms with Crippen molar-refractivity contribution in [2.45, 2.75) is 25.8 Å². The third-order valence-electron chi connectivity index (χ3n) is 3.76. The van der Waals surface area contributed by atoms with Crippen LogP contribution in [0.25, 0.3) is 0 Å². The Morgan fingerprint density at radius 2 is 2.38 bits per heavy atom. The van der Waals surface area contributed by atoms with Crippen LogP contribution in [0.4, 0.5) is 10.9 Å². The van der Waals surface area contributed by atoms with Crippen molar-refractivity contribution in [2.75, 3.05) is 25.0 Å². The standard InChI is InChI=1S/C15H20N4OS/c1-11-4-5-14(16-9-11)18-15-17-12(10-21-15)13-3-2-6-19(13)7-8-20/h4-5,9-10,13,20H,2-3,6-8H2,1H3,(H,16,17,18). The monoisotopic (exact) mass is 304 g/mol. The Labute approximate surface area is 128 Å². The average molecular weight is 304 g/mol. The molecule has 2 aromatic heterocycles. The number of likely N-dealkylation sites (tertiary alicyclic amines) is 1. The van der Waals surface area contributed by atoms with Gasteiger partial charge in [0.2, 0.25) is 0 Å².